The lowest BCUT2D eigenvalue weighted by molar-refractivity contribution is -0.116. The molecule has 0 radical (unpaired) electrons. The summed E-state index contributed by atoms with van der Waals surface area (Å²) in [7, 11) is -3.85. The highest BCUT2D eigenvalue weighted by Gasteiger charge is 2.12. The van der Waals surface area contributed by atoms with Gasteiger partial charge in [0, 0.05) is 11.9 Å². The molecule has 10 heteroatoms. The summed E-state index contributed by atoms with van der Waals surface area (Å²) < 4.78 is 34.8. The zero-order valence-corrected chi connectivity index (χ0v) is 16.4. The van der Waals surface area contributed by atoms with Crippen LogP contribution in [-0.2, 0) is 21.4 Å². The number of carbonyl (C=O) groups is 1. The van der Waals surface area contributed by atoms with Gasteiger partial charge in [0.05, 0.1) is 12.8 Å². The molecule has 1 heterocycles. The van der Waals surface area contributed by atoms with Crippen molar-refractivity contribution in [3.63, 3.8) is 0 Å². The molecule has 152 valence electrons. The number of rotatable bonds is 8. The van der Waals surface area contributed by atoms with Gasteiger partial charge in [-0.2, -0.15) is 5.10 Å². The molecule has 0 atom stereocenters. The molecule has 0 aliphatic carbocycles. The van der Waals surface area contributed by atoms with Crippen LogP contribution in [0.15, 0.2) is 65.8 Å². The van der Waals surface area contributed by atoms with Gasteiger partial charge in [-0.3, -0.25) is 9.48 Å². The van der Waals surface area contributed by atoms with Gasteiger partial charge in [-0.15, -0.1) is 0 Å². The Bertz CT molecular complexity index is 1080. The number of amides is 1. The topological polar surface area (TPSA) is 126 Å². The van der Waals surface area contributed by atoms with E-state index >= 15 is 0 Å². The lowest BCUT2D eigenvalue weighted by Gasteiger charge is -2.09. The Kier molecular flexibility index (Phi) is 6.15. The number of ether oxygens (including phenoxy) is 2. The minimum atomic E-state index is -3.85. The summed E-state index contributed by atoms with van der Waals surface area (Å²) in [6.45, 7) is 2.36. The highest BCUT2D eigenvalue weighted by molar-refractivity contribution is 7.89. The average molecular weight is 416 g/mol. The number of aromatic nitrogens is 2. The van der Waals surface area contributed by atoms with Gasteiger partial charge in [0.1, 0.15) is 28.7 Å². The molecule has 29 heavy (non-hydrogen) atoms. The molecule has 9 nitrogen and oxygen atoms in total. The van der Waals surface area contributed by atoms with E-state index in [4.69, 9.17) is 14.6 Å². The van der Waals surface area contributed by atoms with Crippen LogP contribution in [0.2, 0.25) is 0 Å². The highest BCUT2D eigenvalue weighted by atomic mass is 32.2. The van der Waals surface area contributed by atoms with E-state index in [0.717, 1.165) is 11.9 Å². The fraction of sp³-hybridized carbons (Fsp3) is 0.158. The van der Waals surface area contributed by atoms with E-state index in [1.54, 1.807) is 36.4 Å². The Morgan fingerprint density at radius 2 is 1.66 bits per heavy atom. The minimum absolute atomic E-state index is 0.152. The molecule has 0 spiro atoms. The van der Waals surface area contributed by atoms with Crippen molar-refractivity contribution in [1.82, 2.24) is 9.78 Å². The molecule has 0 fully saturated rings. The maximum atomic E-state index is 12.1. The van der Waals surface area contributed by atoms with Crippen LogP contribution in [0.3, 0.4) is 0 Å². The molecule has 0 aliphatic rings. The van der Waals surface area contributed by atoms with Crippen molar-refractivity contribution in [3.05, 3.63) is 60.9 Å². The van der Waals surface area contributed by atoms with Crippen LogP contribution >= 0.6 is 0 Å². The van der Waals surface area contributed by atoms with Crippen molar-refractivity contribution in [3.8, 4) is 17.2 Å². The number of sulfonamides is 1. The largest absolute Gasteiger partial charge is 0.494 e. The first-order chi connectivity index (χ1) is 13.8. The first-order valence-electron chi connectivity index (χ1n) is 8.69. The number of nitrogens with one attached hydrogen (secondary N) is 1. The predicted octanol–water partition coefficient (Wildman–Crippen LogP) is 2.36. The molecular formula is C19H20N4O5S. The van der Waals surface area contributed by atoms with E-state index in [1.165, 1.54) is 10.9 Å². The van der Waals surface area contributed by atoms with Crippen molar-refractivity contribution < 1.29 is 22.7 Å². The van der Waals surface area contributed by atoms with Crippen molar-refractivity contribution in [2.45, 2.75) is 18.4 Å². The third kappa shape index (κ3) is 5.80. The smallest absolute Gasteiger partial charge is 0.246 e. The predicted molar refractivity (Wildman–Crippen MR) is 106 cm³/mol. The lowest BCUT2D eigenvalue weighted by atomic mass is 10.3. The summed E-state index contributed by atoms with van der Waals surface area (Å²) in [6, 6.07) is 14.1. The second-order valence-corrected chi connectivity index (χ2v) is 7.56. The van der Waals surface area contributed by atoms with E-state index < -0.39 is 10.0 Å². The molecule has 3 N–H and O–H groups in total. The number of primary sulfonamides is 1. The Balaban J connectivity index is 1.55. The monoisotopic (exact) mass is 416 g/mol. The summed E-state index contributed by atoms with van der Waals surface area (Å²) in [5.41, 5.74) is 0.563. The van der Waals surface area contributed by atoms with Crippen molar-refractivity contribution in [1.29, 1.82) is 0 Å². The Hall–Kier alpha value is -3.37. The van der Waals surface area contributed by atoms with Gasteiger partial charge < -0.3 is 14.8 Å². The van der Waals surface area contributed by atoms with E-state index in [2.05, 4.69) is 10.4 Å². The minimum Gasteiger partial charge on any atom is -0.494 e. The van der Waals surface area contributed by atoms with Crippen molar-refractivity contribution in [2.75, 3.05) is 11.9 Å². The van der Waals surface area contributed by atoms with E-state index in [-0.39, 0.29) is 17.3 Å². The average Bonchev–Trinajstić information content (AvgIpc) is 3.14. The summed E-state index contributed by atoms with van der Waals surface area (Å²) in [5.74, 6) is 1.67. The third-order valence-corrected chi connectivity index (χ3v) is 4.62. The summed E-state index contributed by atoms with van der Waals surface area (Å²) in [5, 5.41) is 11.5. The Morgan fingerprint density at radius 1 is 1.07 bits per heavy atom. The maximum absolute atomic E-state index is 12.1. The normalized spacial score (nSPS) is 11.1. The van der Waals surface area contributed by atoms with Gasteiger partial charge in [0.15, 0.2) is 0 Å². The van der Waals surface area contributed by atoms with Crippen LogP contribution in [0.25, 0.3) is 0 Å². The van der Waals surface area contributed by atoms with E-state index in [1.807, 2.05) is 19.1 Å². The van der Waals surface area contributed by atoms with Gasteiger partial charge in [-0.1, -0.05) is 0 Å². The molecule has 3 aromatic rings. The quantitative estimate of drug-likeness (QED) is 0.581. The van der Waals surface area contributed by atoms with Crippen LogP contribution in [0.5, 0.6) is 17.2 Å². The van der Waals surface area contributed by atoms with Gasteiger partial charge in [-0.05, 0) is 55.5 Å². The van der Waals surface area contributed by atoms with Gasteiger partial charge in [0.25, 0.3) is 0 Å². The first kappa shape index (κ1) is 20.4. The summed E-state index contributed by atoms with van der Waals surface area (Å²) in [6.07, 6.45) is 2.29. The first-order valence-corrected chi connectivity index (χ1v) is 10.2. The molecule has 1 aromatic heterocycles. The fourth-order valence-corrected chi connectivity index (χ4v) is 2.90. The zero-order valence-electron chi connectivity index (χ0n) is 15.6. The molecule has 0 saturated carbocycles. The number of benzene rings is 2. The maximum Gasteiger partial charge on any atom is 0.246 e. The highest BCUT2D eigenvalue weighted by Crippen LogP contribution is 2.25. The van der Waals surface area contributed by atoms with Gasteiger partial charge >= 0.3 is 0 Å². The van der Waals surface area contributed by atoms with Crippen molar-refractivity contribution >= 4 is 21.6 Å². The molecule has 0 saturated heterocycles. The van der Waals surface area contributed by atoms with Crippen LogP contribution in [-0.4, -0.2) is 30.7 Å². The molecule has 0 unspecified atom stereocenters. The van der Waals surface area contributed by atoms with E-state index in [9.17, 15) is 13.2 Å². The number of carbonyl (C=O) groups excluding carboxylic acids is 1. The van der Waals surface area contributed by atoms with Crippen LogP contribution < -0.4 is 19.9 Å². The molecule has 0 bridgehead atoms. The van der Waals surface area contributed by atoms with Crippen LogP contribution in [0.1, 0.15) is 6.92 Å². The third-order valence-electron chi connectivity index (χ3n) is 3.75. The standard InChI is InChI=1S/C19H20N4O5S/c1-2-27-15-7-9-17(10-8-15)28-16-5-3-14(4-6-16)22-19(24)13-23-12-18(11-21-23)29(20,25)26/h3-12H,2,13H2,1H3,(H,22,24)(H2,20,25,26). The molecular weight excluding hydrogens is 396 g/mol. The SMILES string of the molecule is CCOc1ccc(Oc2ccc(NC(=O)Cn3cc(S(N)(=O)=O)cn3)cc2)cc1. The zero-order chi connectivity index (χ0) is 20.9. The summed E-state index contributed by atoms with van der Waals surface area (Å²) in [4.78, 5) is 12.0. The molecule has 2 aromatic carbocycles. The fourth-order valence-electron chi connectivity index (χ4n) is 2.44. The Labute approximate surface area is 168 Å². The van der Waals surface area contributed by atoms with Crippen LogP contribution in [0, 0.1) is 0 Å². The number of nitrogens with two attached hydrogens (primary N) is 1. The number of hydrogen-bond acceptors (Lipinski definition) is 6. The lowest BCUT2D eigenvalue weighted by Crippen LogP contribution is -2.19. The second kappa shape index (κ2) is 8.76. The van der Waals surface area contributed by atoms with Gasteiger partial charge in [-0.25, -0.2) is 13.6 Å². The second-order valence-electron chi connectivity index (χ2n) is 6.00. The van der Waals surface area contributed by atoms with Gasteiger partial charge in [0.2, 0.25) is 15.9 Å². The number of anilines is 1. The molecule has 3 rings (SSSR count). The molecule has 0 aliphatic heterocycles. The van der Waals surface area contributed by atoms with E-state index in [0.29, 0.717) is 23.8 Å². The number of nitrogens with zero attached hydrogens (tertiary/aromatic N) is 2. The van der Waals surface area contributed by atoms with Crippen LogP contribution in [0.4, 0.5) is 5.69 Å². The summed E-state index contributed by atoms with van der Waals surface area (Å²) >= 11 is 0. The molecule has 1 amide bonds. The number of hydrogen-bond donors (Lipinski definition) is 2. The van der Waals surface area contributed by atoms with Crippen molar-refractivity contribution in [2.24, 2.45) is 5.14 Å². The Morgan fingerprint density at radius 3 is 2.21 bits per heavy atom.